The second-order valence-corrected chi connectivity index (χ2v) is 7.38. The highest BCUT2D eigenvalue weighted by molar-refractivity contribution is 4.72. The molecule has 3 atom stereocenters. The molecule has 0 bridgehead atoms. The highest BCUT2D eigenvalue weighted by Gasteiger charge is 2.14. The van der Waals surface area contributed by atoms with Gasteiger partial charge in [-0.25, -0.2) is 0 Å². The molecule has 4 N–H and O–H groups in total. The van der Waals surface area contributed by atoms with Gasteiger partial charge in [-0.3, -0.25) is 0 Å². The molecule has 0 saturated carbocycles. The molecule has 0 aliphatic carbocycles. The molecule has 0 amide bonds. The average Bonchev–Trinajstić information content (AvgIpc) is 2.52. The first kappa shape index (κ1) is 21.9. The fourth-order valence-electron chi connectivity index (χ4n) is 3.11. The van der Waals surface area contributed by atoms with Crippen LogP contribution in [0, 0.1) is 5.92 Å². The van der Waals surface area contributed by atoms with Crippen molar-refractivity contribution in [2.75, 3.05) is 0 Å². The Labute approximate surface area is 140 Å². The summed E-state index contributed by atoms with van der Waals surface area (Å²) in [5, 5.41) is 0. The molecule has 0 aliphatic rings. The summed E-state index contributed by atoms with van der Waals surface area (Å²) in [5.74, 6) is 0.623. The summed E-state index contributed by atoms with van der Waals surface area (Å²) in [5.41, 5.74) is 12.6. The molecule has 0 rings (SSSR count). The van der Waals surface area contributed by atoms with Gasteiger partial charge in [-0.05, 0) is 31.6 Å². The van der Waals surface area contributed by atoms with Crippen LogP contribution in [0.2, 0.25) is 0 Å². The molecule has 22 heavy (non-hydrogen) atoms. The normalized spacial score (nSPS) is 15.7. The Morgan fingerprint density at radius 1 is 0.591 bits per heavy atom. The van der Waals surface area contributed by atoms with Crippen LogP contribution in [0.3, 0.4) is 0 Å². The molecule has 0 aliphatic heterocycles. The van der Waals surface area contributed by atoms with Gasteiger partial charge >= 0.3 is 0 Å². The third-order valence-electron chi connectivity index (χ3n) is 5.04. The monoisotopic (exact) mass is 312 g/mol. The van der Waals surface area contributed by atoms with Crippen LogP contribution in [0.15, 0.2) is 0 Å². The van der Waals surface area contributed by atoms with Gasteiger partial charge in [0.2, 0.25) is 0 Å². The maximum atomic E-state index is 6.33. The summed E-state index contributed by atoms with van der Waals surface area (Å²) in [6, 6.07) is 0.763. The second-order valence-electron chi connectivity index (χ2n) is 7.38. The van der Waals surface area contributed by atoms with Gasteiger partial charge in [-0.1, -0.05) is 85.0 Å². The van der Waals surface area contributed by atoms with Crippen LogP contribution in [0.1, 0.15) is 111 Å². The standard InChI is InChI=1S/C20H44N2/c1-4-6-8-10-12-14-19(21)17-16-18(3)20(22)15-13-11-9-7-5-2/h18-20H,4-17,21-22H2,1-3H3. The zero-order valence-electron chi connectivity index (χ0n) is 15.8. The Morgan fingerprint density at radius 2 is 1.09 bits per heavy atom. The lowest BCUT2D eigenvalue weighted by Crippen LogP contribution is -2.30. The fraction of sp³-hybridized carbons (Fsp3) is 1.00. The third kappa shape index (κ3) is 13.6. The van der Waals surface area contributed by atoms with E-state index < -0.39 is 0 Å². The van der Waals surface area contributed by atoms with Crippen LogP contribution in [0.25, 0.3) is 0 Å². The minimum Gasteiger partial charge on any atom is -0.328 e. The minimum atomic E-state index is 0.374. The van der Waals surface area contributed by atoms with E-state index in [1.807, 2.05) is 0 Å². The molecule has 0 aromatic rings. The molecule has 0 spiro atoms. The fourth-order valence-corrected chi connectivity index (χ4v) is 3.11. The zero-order valence-corrected chi connectivity index (χ0v) is 15.8. The number of unbranched alkanes of at least 4 members (excludes halogenated alkanes) is 8. The Hall–Kier alpha value is -0.0800. The van der Waals surface area contributed by atoms with Gasteiger partial charge in [0.1, 0.15) is 0 Å². The third-order valence-corrected chi connectivity index (χ3v) is 5.04. The Kier molecular flexibility index (Phi) is 15.7. The zero-order chi connectivity index (χ0) is 16.6. The summed E-state index contributed by atoms with van der Waals surface area (Å²) in [7, 11) is 0. The smallest absolute Gasteiger partial charge is 0.00645 e. The minimum absolute atomic E-state index is 0.374. The molecule has 134 valence electrons. The molecular formula is C20H44N2. The van der Waals surface area contributed by atoms with E-state index in [-0.39, 0.29) is 0 Å². The van der Waals surface area contributed by atoms with Gasteiger partial charge in [0.25, 0.3) is 0 Å². The molecule has 0 saturated heterocycles. The lowest BCUT2D eigenvalue weighted by molar-refractivity contribution is 0.364. The first-order chi connectivity index (χ1) is 10.6. The van der Waals surface area contributed by atoms with E-state index >= 15 is 0 Å². The summed E-state index contributed by atoms with van der Waals surface area (Å²) in [4.78, 5) is 0. The van der Waals surface area contributed by atoms with Crippen molar-refractivity contribution >= 4 is 0 Å². The van der Waals surface area contributed by atoms with Gasteiger partial charge < -0.3 is 11.5 Å². The van der Waals surface area contributed by atoms with Crippen molar-refractivity contribution in [1.82, 2.24) is 0 Å². The van der Waals surface area contributed by atoms with E-state index in [1.54, 1.807) is 0 Å². The number of rotatable bonds is 16. The Bertz CT molecular complexity index is 218. The largest absolute Gasteiger partial charge is 0.328 e. The predicted octanol–water partition coefficient (Wildman–Crippen LogP) is 5.78. The highest BCUT2D eigenvalue weighted by Crippen LogP contribution is 2.18. The first-order valence-electron chi connectivity index (χ1n) is 10.1. The van der Waals surface area contributed by atoms with Gasteiger partial charge in [-0.15, -0.1) is 0 Å². The summed E-state index contributed by atoms with van der Waals surface area (Å²) in [6.45, 7) is 6.84. The summed E-state index contributed by atoms with van der Waals surface area (Å²) < 4.78 is 0. The molecule has 0 aromatic heterocycles. The molecule has 0 heterocycles. The predicted molar refractivity (Wildman–Crippen MR) is 101 cm³/mol. The van der Waals surface area contributed by atoms with E-state index in [1.165, 1.54) is 83.5 Å². The van der Waals surface area contributed by atoms with Crippen LogP contribution in [-0.2, 0) is 0 Å². The molecule has 0 aromatic carbocycles. The maximum Gasteiger partial charge on any atom is 0.00645 e. The van der Waals surface area contributed by atoms with Crippen molar-refractivity contribution in [2.45, 2.75) is 123 Å². The first-order valence-corrected chi connectivity index (χ1v) is 10.1. The van der Waals surface area contributed by atoms with Crippen molar-refractivity contribution in [3.8, 4) is 0 Å². The summed E-state index contributed by atoms with van der Waals surface area (Å²) in [6.07, 6.45) is 18.2. The molecular weight excluding hydrogens is 268 g/mol. The quantitative estimate of drug-likeness (QED) is 0.355. The molecule has 2 heteroatoms. The Balaban J connectivity index is 3.53. The van der Waals surface area contributed by atoms with Crippen molar-refractivity contribution in [3.63, 3.8) is 0 Å². The maximum absolute atomic E-state index is 6.33. The number of hydrogen-bond donors (Lipinski definition) is 2. The van der Waals surface area contributed by atoms with Crippen LogP contribution in [0.4, 0.5) is 0 Å². The lowest BCUT2D eigenvalue weighted by Gasteiger charge is -2.21. The van der Waals surface area contributed by atoms with Crippen LogP contribution < -0.4 is 11.5 Å². The Morgan fingerprint density at radius 3 is 1.64 bits per heavy atom. The molecule has 0 radical (unpaired) electrons. The van der Waals surface area contributed by atoms with Gasteiger partial charge in [0.15, 0.2) is 0 Å². The van der Waals surface area contributed by atoms with Crippen LogP contribution in [-0.4, -0.2) is 12.1 Å². The lowest BCUT2D eigenvalue weighted by atomic mass is 9.90. The van der Waals surface area contributed by atoms with E-state index in [2.05, 4.69) is 20.8 Å². The molecule has 3 unspecified atom stereocenters. The second kappa shape index (κ2) is 15.8. The van der Waals surface area contributed by atoms with Crippen molar-refractivity contribution < 1.29 is 0 Å². The molecule has 0 fully saturated rings. The van der Waals surface area contributed by atoms with E-state index in [9.17, 15) is 0 Å². The number of hydrogen-bond acceptors (Lipinski definition) is 2. The number of nitrogens with two attached hydrogens (primary N) is 2. The van der Waals surface area contributed by atoms with Gasteiger partial charge in [-0.2, -0.15) is 0 Å². The van der Waals surface area contributed by atoms with Crippen LogP contribution in [0.5, 0.6) is 0 Å². The average molecular weight is 313 g/mol. The van der Waals surface area contributed by atoms with Gasteiger partial charge in [0, 0.05) is 12.1 Å². The van der Waals surface area contributed by atoms with E-state index in [0.717, 1.165) is 6.42 Å². The van der Waals surface area contributed by atoms with Crippen LogP contribution >= 0.6 is 0 Å². The highest BCUT2D eigenvalue weighted by atomic mass is 14.7. The summed E-state index contributed by atoms with van der Waals surface area (Å²) >= 11 is 0. The van der Waals surface area contributed by atoms with Crippen molar-refractivity contribution in [3.05, 3.63) is 0 Å². The van der Waals surface area contributed by atoms with E-state index in [4.69, 9.17) is 11.5 Å². The molecule has 2 nitrogen and oxygen atoms in total. The topological polar surface area (TPSA) is 52.0 Å². The van der Waals surface area contributed by atoms with Crippen molar-refractivity contribution in [2.24, 2.45) is 17.4 Å². The van der Waals surface area contributed by atoms with Gasteiger partial charge in [0.05, 0.1) is 0 Å². The SMILES string of the molecule is CCCCCCCC(N)CCC(C)C(N)CCCCCCC. The van der Waals surface area contributed by atoms with E-state index in [0.29, 0.717) is 18.0 Å². The van der Waals surface area contributed by atoms with Crippen molar-refractivity contribution in [1.29, 1.82) is 0 Å².